The Hall–Kier alpha value is -0.650. The molecule has 0 heterocycles. The van der Waals surface area contributed by atoms with E-state index >= 15 is 0 Å². The highest BCUT2D eigenvalue weighted by molar-refractivity contribution is 5.69. The fourth-order valence-electron chi connectivity index (χ4n) is 0.624. The zero-order valence-corrected chi connectivity index (χ0v) is 8.77. The molecule has 14 heavy (non-hydrogen) atoms. The molecule has 0 aromatic carbocycles. The second-order valence-electron chi connectivity index (χ2n) is 2.55. The van der Waals surface area contributed by atoms with Gasteiger partial charge in [-0.2, -0.15) is 0 Å². The number of hydrogen-bond donors (Lipinski definition) is 3. The van der Waals surface area contributed by atoms with E-state index in [1.54, 1.807) is 0 Å². The largest absolute Gasteiger partial charge is 0.481 e. The van der Waals surface area contributed by atoms with Gasteiger partial charge in [-0.15, -0.1) is 0 Å². The molecule has 1 atom stereocenters. The maximum absolute atomic E-state index is 10.4. The highest BCUT2D eigenvalue weighted by Gasteiger charge is 2.13. The third kappa shape index (κ3) is 11.4. The smallest absolute Gasteiger partial charge is 0.308 e. The molecule has 86 valence electrons. The standard InChI is InChI=1S/C7H14O3.C2H6O2/c1-3-6(7(8)9)5-10-4-2;3-1-2-4/h6H,3-5H2,1-2H3,(H,8,9);3-4H,1-2H2. The number of carbonyl (C=O) groups is 1. The molecule has 0 saturated heterocycles. The van der Waals surface area contributed by atoms with E-state index in [0.717, 1.165) is 0 Å². The van der Waals surface area contributed by atoms with Gasteiger partial charge in [0.15, 0.2) is 0 Å². The van der Waals surface area contributed by atoms with Crippen LogP contribution in [0.15, 0.2) is 0 Å². The molecule has 5 heteroatoms. The molecular weight excluding hydrogens is 188 g/mol. The van der Waals surface area contributed by atoms with Crippen LogP contribution in [0.25, 0.3) is 0 Å². The molecule has 0 aromatic heterocycles. The Bertz CT molecular complexity index is 124. The van der Waals surface area contributed by atoms with E-state index in [-0.39, 0.29) is 19.1 Å². The predicted octanol–water partition coefficient (Wildman–Crippen LogP) is 0.105. The van der Waals surface area contributed by atoms with E-state index in [4.69, 9.17) is 20.1 Å². The van der Waals surface area contributed by atoms with Gasteiger partial charge < -0.3 is 20.1 Å². The molecule has 0 fully saturated rings. The summed E-state index contributed by atoms with van der Waals surface area (Å²) in [6.45, 7) is 4.37. The van der Waals surface area contributed by atoms with Gasteiger partial charge in [-0.25, -0.2) is 0 Å². The molecule has 0 aliphatic rings. The minimum Gasteiger partial charge on any atom is -0.481 e. The molecule has 0 saturated carbocycles. The van der Waals surface area contributed by atoms with Crippen LogP contribution in [-0.4, -0.2) is 47.7 Å². The van der Waals surface area contributed by atoms with Gasteiger partial charge in [0.2, 0.25) is 0 Å². The van der Waals surface area contributed by atoms with Crippen LogP contribution in [0.3, 0.4) is 0 Å². The maximum atomic E-state index is 10.4. The molecule has 0 bridgehead atoms. The molecular formula is C9H20O5. The summed E-state index contributed by atoms with van der Waals surface area (Å²) in [5.74, 6) is -1.10. The van der Waals surface area contributed by atoms with Crippen molar-refractivity contribution in [1.82, 2.24) is 0 Å². The first-order valence-electron chi connectivity index (χ1n) is 4.66. The SMILES string of the molecule is CCOCC(CC)C(=O)O.OCCO. The van der Waals surface area contributed by atoms with E-state index in [1.165, 1.54) is 0 Å². The highest BCUT2D eigenvalue weighted by atomic mass is 16.5. The van der Waals surface area contributed by atoms with Crippen molar-refractivity contribution in [3.05, 3.63) is 0 Å². The van der Waals surface area contributed by atoms with Gasteiger partial charge in [-0.1, -0.05) is 6.92 Å². The first-order chi connectivity index (χ1) is 6.63. The number of aliphatic carboxylic acids is 1. The van der Waals surface area contributed by atoms with Crippen LogP contribution in [-0.2, 0) is 9.53 Å². The molecule has 5 nitrogen and oxygen atoms in total. The molecule has 0 radical (unpaired) electrons. The fourth-order valence-corrected chi connectivity index (χ4v) is 0.624. The van der Waals surface area contributed by atoms with E-state index in [0.29, 0.717) is 19.6 Å². The van der Waals surface area contributed by atoms with Crippen LogP contribution in [0, 0.1) is 5.92 Å². The molecule has 0 amide bonds. The molecule has 0 aliphatic heterocycles. The third-order valence-corrected chi connectivity index (χ3v) is 1.47. The van der Waals surface area contributed by atoms with Gasteiger partial charge in [-0.3, -0.25) is 4.79 Å². The number of ether oxygens (including phenoxy) is 1. The van der Waals surface area contributed by atoms with Crippen molar-refractivity contribution in [1.29, 1.82) is 0 Å². The van der Waals surface area contributed by atoms with E-state index < -0.39 is 5.97 Å². The summed E-state index contributed by atoms with van der Waals surface area (Å²) < 4.78 is 4.97. The summed E-state index contributed by atoms with van der Waals surface area (Å²) in [4.78, 5) is 10.4. The summed E-state index contributed by atoms with van der Waals surface area (Å²) >= 11 is 0. The van der Waals surface area contributed by atoms with Crippen molar-refractivity contribution in [2.24, 2.45) is 5.92 Å². The van der Waals surface area contributed by atoms with Gasteiger partial charge >= 0.3 is 5.97 Å². The van der Waals surface area contributed by atoms with E-state index in [2.05, 4.69) is 0 Å². The third-order valence-electron chi connectivity index (χ3n) is 1.47. The molecule has 3 N–H and O–H groups in total. The molecule has 0 aromatic rings. The van der Waals surface area contributed by atoms with Gasteiger partial charge in [0.05, 0.1) is 25.7 Å². The van der Waals surface area contributed by atoms with Crippen molar-refractivity contribution in [2.45, 2.75) is 20.3 Å². The number of aliphatic hydroxyl groups excluding tert-OH is 2. The van der Waals surface area contributed by atoms with Crippen molar-refractivity contribution >= 4 is 5.97 Å². The van der Waals surface area contributed by atoms with Crippen molar-refractivity contribution in [3.8, 4) is 0 Å². The van der Waals surface area contributed by atoms with Crippen LogP contribution in [0.5, 0.6) is 0 Å². The van der Waals surface area contributed by atoms with Crippen LogP contribution < -0.4 is 0 Å². The lowest BCUT2D eigenvalue weighted by atomic mass is 10.1. The zero-order valence-electron chi connectivity index (χ0n) is 8.77. The second kappa shape index (κ2) is 12.3. The molecule has 0 rings (SSSR count). The summed E-state index contributed by atoms with van der Waals surface area (Å²) in [6.07, 6.45) is 0.634. The number of rotatable bonds is 6. The Labute approximate surface area is 84.3 Å². The normalized spacial score (nSPS) is 11.4. The topological polar surface area (TPSA) is 87.0 Å². The second-order valence-corrected chi connectivity index (χ2v) is 2.55. The van der Waals surface area contributed by atoms with E-state index in [1.807, 2.05) is 13.8 Å². The lowest BCUT2D eigenvalue weighted by Crippen LogP contribution is -2.18. The molecule has 0 aliphatic carbocycles. The average molecular weight is 208 g/mol. The lowest BCUT2D eigenvalue weighted by molar-refractivity contribution is -0.143. The average Bonchev–Trinajstić information content (AvgIpc) is 2.19. The number of carboxylic acid groups (broad SMARTS) is 1. The Balaban J connectivity index is 0. The first-order valence-corrected chi connectivity index (χ1v) is 4.66. The zero-order chi connectivity index (χ0) is 11.4. The number of aliphatic hydroxyl groups is 2. The van der Waals surface area contributed by atoms with Crippen LogP contribution in [0.4, 0.5) is 0 Å². The minimum atomic E-state index is -0.768. The van der Waals surface area contributed by atoms with Crippen molar-refractivity contribution in [2.75, 3.05) is 26.4 Å². The maximum Gasteiger partial charge on any atom is 0.308 e. The van der Waals surface area contributed by atoms with Crippen LogP contribution in [0.2, 0.25) is 0 Å². The summed E-state index contributed by atoms with van der Waals surface area (Å²) in [6, 6.07) is 0. The lowest BCUT2D eigenvalue weighted by Gasteiger charge is -2.07. The minimum absolute atomic E-state index is 0.125. The molecule has 0 spiro atoms. The van der Waals surface area contributed by atoms with Gasteiger partial charge in [-0.05, 0) is 13.3 Å². The van der Waals surface area contributed by atoms with Crippen LogP contribution >= 0.6 is 0 Å². The van der Waals surface area contributed by atoms with Gasteiger partial charge in [0.25, 0.3) is 0 Å². The van der Waals surface area contributed by atoms with Gasteiger partial charge in [0, 0.05) is 6.61 Å². The van der Waals surface area contributed by atoms with Gasteiger partial charge in [0.1, 0.15) is 0 Å². The summed E-state index contributed by atoms with van der Waals surface area (Å²) in [5.41, 5.74) is 0. The highest BCUT2D eigenvalue weighted by Crippen LogP contribution is 2.02. The first kappa shape index (κ1) is 15.8. The van der Waals surface area contributed by atoms with Crippen molar-refractivity contribution < 1.29 is 24.9 Å². The Morgan fingerprint density at radius 1 is 1.29 bits per heavy atom. The Morgan fingerprint density at radius 3 is 2.00 bits per heavy atom. The summed E-state index contributed by atoms with van der Waals surface area (Å²) in [5, 5.41) is 23.8. The number of carboxylic acids is 1. The Morgan fingerprint density at radius 2 is 1.79 bits per heavy atom. The molecule has 1 unspecified atom stereocenters. The Kier molecular flexibility index (Phi) is 13.9. The number of hydrogen-bond acceptors (Lipinski definition) is 4. The monoisotopic (exact) mass is 208 g/mol. The van der Waals surface area contributed by atoms with E-state index in [9.17, 15) is 4.79 Å². The van der Waals surface area contributed by atoms with Crippen molar-refractivity contribution in [3.63, 3.8) is 0 Å². The predicted molar refractivity (Wildman–Crippen MR) is 52.1 cm³/mol. The quantitative estimate of drug-likeness (QED) is 0.576. The van der Waals surface area contributed by atoms with Crippen LogP contribution in [0.1, 0.15) is 20.3 Å². The summed E-state index contributed by atoms with van der Waals surface area (Å²) in [7, 11) is 0. The fraction of sp³-hybridized carbons (Fsp3) is 0.889.